The van der Waals surface area contributed by atoms with E-state index in [0.717, 1.165) is 36.2 Å². The van der Waals surface area contributed by atoms with Crippen molar-refractivity contribution >= 4 is 23.2 Å². The highest BCUT2D eigenvalue weighted by atomic mass is 32.1. The van der Waals surface area contributed by atoms with Crippen LogP contribution in [-0.2, 0) is 16.1 Å². The predicted molar refractivity (Wildman–Crippen MR) is 116 cm³/mol. The molecule has 0 unspecified atom stereocenters. The molecule has 2 aromatic heterocycles. The van der Waals surface area contributed by atoms with Gasteiger partial charge in [-0.15, -0.1) is 11.3 Å². The Labute approximate surface area is 180 Å². The fourth-order valence-corrected chi connectivity index (χ4v) is 4.50. The summed E-state index contributed by atoms with van der Waals surface area (Å²) in [4.78, 5) is 28.1. The van der Waals surface area contributed by atoms with Crippen molar-refractivity contribution in [3.8, 4) is 10.6 Å². The largest absolute Gasteiger partial charge is 0.452 e. The third kappa shape index (κ3) is 4.62. The molecule has 3 heterocycles. The van der Waals surface area contributed by atoms with Gasteiger partial charge in [0.25, 0.3) is 5.91 Å². The Kier molecular flexibility index (Phi) is 6.28. The number of carbonyl (C=O) groups is 2. The molecule has 4 rings (SSSR count). The van der Waals surface area contributed by atoms with Gasteiger partial charge in [-0.05, 0) is 43.2 Å². The number of benzene rings is 1. The van der Waals surface area contributed by atoms with E-state index in [0.29, 0.717) is 17.8 Å². The van der Waals surface area contributed by atoms with E-state index in [1.165, 1.54) is 11.3 Å². The summed E-state index contributed by atoms with van der Waals surface area (Å²) >= 11 is 1.52. The second-order valence-electron chi connectivity index (χ2n) is 7.56. The third-order valence-electron chi connectivity index (χ3n) is 5.37. The van der Waals surface area contributed by atoms with Crippen LogP contribution in [0.15, 0.2) is 54.0 Å². The molecule has 1 fully saturated rings. The number of rotatable bonds is 6. The van der Waals surface area contributed by atoms with Crippen molar-refractivity contribution in [2.24, 2.45) is 0 Å². The summed E-state index contributed by atoms with van der Waals surface area (Å²) in [5.74, 6) is -0.652. The van der Waals surface area contributed by atoms with E-state index in [1.54, 1.807) is 10.9 Å². The summed E-state index contributed by atoms with van der Waals surface area (Å²) in [5.41, 5.74) is 2.06. The highest BCUT2D eigenvalue weighted by Gasteiger charge is 2.26. The van der Waals surface area contributed by atoms with Gasteiger partial charge in [0, 0.05) is 18.8 Å². The van der Waals surface area contributed by atoms with E-state index >= 15 is 0 Å². The Hall–Kier alpha value is -2.93. The number of ether oxygens (including phenoxy) is 1. The van der Waals surface area contributed by atoms with Gasteiger partial charge in [-0.1, -0.05) is 36.4 Å². The van der Waals surface area contributed by atoms with Crippen molar-refractivity contribution < 1.29 is 14.3 Å². The van der Waals surface area contributed by atoms with Crippen molar-refractivity contribution in [1.82, 2.24) is 14.7 Å². The first-order valence-corrected chi connectivity index (χ1v) is 11.1. The van der Waals surface area contributed by atoms with Gasteiger partial charge in [0.2, 0.25) is 0 Å². The van der Waals surface area contributed by atoms with Crippen LogP contribution in [0.5, 0.6) is 0 Å². The number of hydrogen-bond donors (Lipinski definition) is 0. The maximum Gasteiger partial charge on any atom is 0.342 e. The van der Waals surface area contributed by atoms with Crippen molar-refractivity contribution in [3.05, 3.63) is 65.2 Å². The number of esters is 1. The molecule has 30 heavy (non-hydrogen) atoms. The number of amides is 1. The first-order valence-electron chi connectivity index (χ1n) is 10.2. The highest BCUT2D eigenvalue weighted by molar-refractivity contribution is 7.13. The molecule has 1 aliphatic rings. The maximum absolute atomic E-state index is 12.9. The van der Waals surface area contributed by atoms with Gasteiger partial charge in [0.15, 0.2) is 6.61 Å². The average molecular weight is 424 g/mol. The summed E-state index contributed by atoms with van der Waals surface area (Å²) < 4.78 is 7.16. The molecule has 1 atom stereocenters. The Morgan fingerprint density at radius 2 is 2.00 bits per heavy atom. The van der Waals surface area contributed by atoms with Crippen LogP contribution in [-0.4, -0.2) is 45.8 Å². The summed E-state index contributed by atoms with van der Waals surface area (Å²) in [5, 5.41) is 6.58. The number of piperidine rings is 1. The lowest BCUT2D eigenvalue weighted by molar-refractivity contribution is -0.137. The first kappa shape index (κ1) is 20.3. The van der Waals surface area contributed by atoms with E-state index in [2.05, 4.69) is 5.10 Å². The lowest BCUT2D eigenvalue weighted by Gasteiger charge is -2.33. The molecular formula is C23H25N3O3S. The Balaban J connectivity index is 1.50. The topological polar surface area (TPSA) is 64.4 Å². The molecule has 0 aliphatic carbocycles. The minimum absolute atomic E-state index is 0.134. The molecule has 6 nitrogen and oxygen atoms in total. The zero-order valence-corrected chi connectivity index (χ0v) is 17.8. The predicted octanol–water partition coefficient (Wildman–Crippen LogP) is 4.22. The van der Waals surface area contributed by atoms with Crippen molar-refractivity contribution in [2.75, 3.05) is 13.2 Å². The monoisotopic (exact) mass is 423 g/mol. The van der Waals surface area contributed by atoms with Crippen molar-refractivity contribution in [2.45, 2.75) is 38.8 Å². The van der Waals surface area contributed by atoms with Crippen LogP contribution in [0, 0.1) is 0 Å². The molecular weight excluding hydrogens is 398 g/mol. The molecule has 1 saturated heterocycles. The Bertz CT molecular complexity index is 998. The molecule has 1 aliphatic heterocycles. The van der Waals surface area contributed by atoms with Crippen LogP contribution in [0.3, 0.4) is 0 Å². The Morgan fingerprint density at radius 3 is 2.73 bits per heavy atom. The van der Waals surface area contributed by atoms with Gasteiger partial charge < -0.3 is 9.64 Å². The molecule has 0 spiro atoms. The summed E-state index contributed by atoms with van der Waals surface area (Å²) in [6.07, 6.45) is 4.83. The van der Waals surface area contributed by atoms with E-state index in [-0.39, 0.29) is 18.6 Å². The highest BCUT2D eigenvalue weighted by Crippen LogP contribution is 2.27. The quantitative estimate of drug-likeness (QED) is 0.557. The number of carbonyl (C=O) groups excluding carboxylic acids is 2. The molecule has 0 bridgehead atoms. The van der Waals surface area contributed by atoms with Crippen LogP contribution in [0.4, 0.5) is 0 Å². The molecule has 1 aromatic carbocycles. The normalized spacial score (nSPS) is 16.4. The first-order chi connectivity index (χ1) is 14.6. The number of thiophene rings is 1. The van der Waals surface area contributed by atoms with Crippen molar-refractivity contribution in [1.29, 1.82) is 0 Å². The minimum Gasteiger partial charge on any atom is -0.452 e. The summed E-state index contributed by atoms with van der Waals surface area (Å²) in [7, 11) is 0. The third-order valence-corrected chi connectivity index (χ3v) is 6.25. The maximum atomic E-state index is 12.9. The molecule has 0 saturated carbocycles. The number of hydrogen-bond acceptors (Lipinski definition) is 5. The van der Waals surface area contributed by atoms with Gasteiger partial charge in [-0.3, -0.25) is 9.48 Å². The second kappa shape index (κ2) is 9.26. The molecule has 156 valence electrons. The lowest BCUT2D eigenvalue weighted by Crippen LogP contribution is -2.44. The van der Waals surface area contributed by atoms with Crippen LogP contribution in [0.2, 0.25) is 0 Å². The van der Waals surface area contributed by atoms with E-state index < -0.39 is 5.97 Å². The Morgan fingerprint density at radius 1 is 1.17 bits per heavy atom. The van der Waals surface area contributed by atoms with E-state index in [9.17, 15) is 9.59 Å². The van der Waals surface area contributed by atoms with Gasteiger partial charge in [0.05, 0.1) is 11.4 Å². The number of aromatic nitrogens is 2. The van der Waals surface area contributed by atoms with Crippen LogP contribution >= 0.6 is 11.3 Å². The molecule has 0 N–H and O–H groups in total. The van der Waals surface area contributed by atoms with Gasteiger partial charge in [0.1, 0.15) is 11.3 Å². The number of nitrogens with zero attached hydrogens (tertiary/aromatic N) is 3. The van der Waals surface area contributed by atoms with Crippen molar-refractivity contribution in [3.63, 3.8) is 0 Å². The molecule has 3 aromatic rings. The molecule has 1 amide bonds. The van der Waals surface area contributed by atoms with Gasteiger partial charge in [-0.2, -0.15) is 5.10 Å². The molecule has 0 radical (unpaired) electrons. The zero-order chi connectivity index (χ0) is 20.9. The summed E-state index contributed by atoms with van der Waals surface area (Å²) in [6, 6.07) is 14.0. The fraction of sp³-hybridized carbons (Fsp3) is 0.348. The van der Waals surface area contributed by atoms with E-state index in [1.807, 2.05) is 59.7 Å². The molecule has 7 heteroatoms. The van der Waals surface area contributed by atoms with Gasteiger partial charge >= 0.3 is 5.97 Å². The fourth-order valence-electron chi connectivity index (χ4n) is 3.77. The van der Waals surface area contributed by atoms with E-state index in [4.69, 9.17) is 4.74 Å². The average Bonchev–Trinajstić information content (AvgIpc) is 3.43. The minimum atomic E-state index is -0.518. The second-order valence-corrected chi connectivity index (χ2v) is 8.51. The SMILES string of the molecule is C[C@@H]1CCCCN1C(=O)COC(=O)c1cn(Cc2ccccc2)nc1-c1cccs1. The zero-order valence-electron chi connectivity index (χ0n) is 17.0. The number of likely N-dealkylation sites (tertiary alicyclic amines) is 1. The lowest BCUT2D eigenvalue weighted by atomic mass is 10.0. The van der Waals surface area contributed by atoms with Crippen LogP contribution in [0.25, 0.3) is 10.6 Å². The van der Waals surface area contributed by atoms with Gasteiger partial charge in [-0.25, -0.2) is 4.79 Å². The van der Waals surface area contributed by atoms with Crippen LogP contribution in [0.1, 0.15) is 42.1 Å². The summed E-state index contributed by atoms with van der Waals surface area (Å²) in [6.45, 7) is 3.09. The standard InChI is InChI=1S/C23H25N3O3S/c1-17-8-5-6-12-26(17)21(27)16-29-23(28)19-15-25(14-18-9-3-2-4-10-18)24-22(19)20-11-7-13-30-20/h2-4,7,9-11,13,15,17H,5-6,8,12,14,16H2,1H3/t17-/m1/s1. The van der Waals surface area contributed by atoms with Crippen LogP contribution < -0.4 is 0 Å². The smallest absolute Gasteiger partial charge is 0.342 e.